The van der Waals surface area contributed by atoms with Crippen molar-refractivity contribution in [3.05, 3.63) is 4.88 Å². The highest BCUT2D eigenvalue weighted by Crippen LogP contribution is 2.46. The van der Waals surface area contributed by atoms with Crippen molar-refractivity contribution in [2.24, 2.45) is 11.8 Å². The molecule has 1 aromatic heterocycles. The molecule has 2 N–H and O–H groups in total. The molecule has 1 aliphatic rings. The van der Waals surface area contributed by atoms with Gasteiger partial charge in [0.05, 0.1) is 7.11 Å². The van der Waals surface area contributed by atoms with E-state index in [0.29, 0.717) is 28.1 Å². The van der Waals surface area contributed by atoms with Crippen molar-refractivity contribution in [3.8, 4) is 5.75 Å². The first-order chi connectivity index (χ1) is 9.85. The monoisotopic (exact) mass is 311 g/mol. The van der Waals surface area contributed by atoms with Gasteiger partial charge >= 0.3 is 0 Å². The van der Waals surface area contributed by atoms with Crippen LogP contribution in [0, 0.1) is 11.8 Å². The average Bonchev–Trinajstić information content (AvgIpc) is 2.73. The molecule has 2 rings (SSSR count). The average molecular weight is 311 g/mol. The van der Waals surface area contributed by atoms with Crippen LogP contribution in [0.2, 0.25) is 0 Å². The summed E-state index contributed by atoms with van der Waals surface area (Å²) >= 11 is 1.44. The summed E-state index contributed by atoms with van der Waals surface area (Å²) in [6.45, 7) is 6.49. The van der Waals surface area contributed by atoms with Gasteiger partial charge in [-0.3, -0.25) is 4.79 Å². The second-order valence-corrected chi connectivity index (χ2v) is 7.23. The van der Waals surface area contributed by atoms with Crippen molar-refractivity contribution < 1.29 is 9.53 Å². The number of hydrogen-bond acceptors (Lipinski definition) is 5. The number of rotatable bonds is 3. The first kappa shape index (κ1) is 15.9. The van der Waals surface area contributed by atoms with Crippen molar-refractivity contribution in [1.82, 2.24) is 4.90 Å². The van der Waals surface area contributed by atoms with Gasteiger partial charge in [0, 0.05) is 27.2 Å². The van der Waals surface area contributed by atoms with E-state index in [1.807, 2.05) is 0 Å². The van der Waals surface area contributed by atoms with Crippen LogP contribution in [0.4, 0.5) is 10.7 Å². The van der Waals surface area contributed by atoms with E-state index in [-0.39, 0.29) is 5.91 Å². The number of piperidine rings is 1. The zero-order valence-corrected chi connectivity index (χ0v) is 14.3. The Balaban J connectivity index is 2.39. The molecular weight excluding hydrogens is 286 g/mol. The third-order valence-electron chi connectivity index (χ3n) is 3.84. The zero-order chi connectivity index (χ0) is 15.7. The Hall–Kier alpha value is -1.43. The molecule has 21 heavy (non-hydrogen) atoms. The summed E-state index contributed by atoms with van der Waals surface area (Å²) in [5, 5.41) is 0.985. The minimum Gasteiger partial charge on any atom is -0.492 e. The molecule has 118 valence electrons. The van der Waals surface area contributed by atoms with Crippen LogP contribution < -0.4 is 15.4 Å². The van der Waals surface area contributed by atoms with Crippen LogP contribution in [0.5, 0.6) is 5.75 Å². The summed E-state index contributed by atoms with van der Waals surface area (Å²) in [5.41, 5.74) is 6.60. The van der Waals surface area contributed by atoms with Gasteiger partial charge in [0.15, 0.2) is 5.75 Å². The van der Waals surface area contributed by atoms with Crippen LogP contribution in [0.3, 0.4) is 0 Å². The van der Waals surface area contributed by atoms with Crippen molar-refractivity contribution in [1.29, 1.82) is 0 Å². The number of hydrogen-bond donors (Lipinski definition) is 1. The third-order valence-corrected chi connectivity index (χ3v) is 5.08. The van der Waals surface area contributed by atoms with E-state index >= 15 is 0 Å². The molecule has 1 saturated heterocycles. The molecule has 1 amide bonds. The number of thiophene rings is 1. The molecule has 0 aromatic carbocycles. The van der Waals surface area contributed by atoms with E-state index in [2.05, 4.69) is 18.7 Å². The number of nitrogens with two attached hydrogens (primary N) is 1. The Morgan fingerprint density at radius 2 is 1.90 bits per heavy atom. The van der Waals surface area contributed by atoms with Gasteiger partial charge in [-0.25, -0.2) is 0 Å². The standard InChI is InChI=1S/C15H25N3O2S/c1-9-6-10(2)8-18(7-9)15-12(20-5)11(16)13(21-15)14(19)17(3)4/h9-10H,6-8,16H2,1-5H3. The molecule has 2 unspecified atom stereocenters. The Morgan fingerprint density at radius 1 is 1.33 bits per heavy atom. The molecule has 2 atom stereocenters. The highest BCUT2D eigenvalue weighted by atomic mass is 32.1. The Labute approximate surface area is 130 Å². The molecule has 6 heteroatoms. The minimum absolute atomic E-state index is 0.0693. The number of carbonyl (C=O) groups excluding carboxylic acids is 1. The molecule has 5 nitrogen and oxygen atoms in total. The van der Waals surface area contributed by atoms with E-state index < -0.39 is 0 Å². The van der Waals surface area contributed by atoms with Gasteiger partial charge in [-0.1, -0.05) is 13.8 Å². The van der Waals surface area contributed by atoms with Gasteiger partial charge in [-0.15, -0.1) is 11.3 Å². The molecule has 2 heterocycles. The van der Waals surface area contributed by atoms with Gasteiger partial charge in [0.2, 0.25) is 0 Å². The van der Waals surface area contributed by atoms with Gasteiger partial charge in [0.25, 0.3) is 5.91 Å². The number of carbonyl (C=O) groups is 1. The predicted molar refractivity (Wildman–Crippen MR) is 88.5 cm³/mol. The summed E-state index contributed by atoms with van der Waals surface area (Å²) in [7, 11) is 5.08. The summed E-state index contributed by atoms with van der Waals surface area (Å²) < 4.78 is 5.48. The molecule has 0 aliphatic carbocycles. The second-order valence-electron chi connectivity index (χ2n) is 6.23. The van der Waals surface area contributed by atoms with Gasteiger partial charge < -0.3 is 20.3 Å². The summed E-state index contributed by atoms with van der Waals surface area (Å²) in [6, 6.07) is 0. The fourth-order valence-corrected chi connectivity index (χ4v) is 4.24. The summed E-state index contributed by atoms with van der Waals surface area (Å²) in [5.74, 6) is 1.84. The topological polar surface area (TPSA) is 58.8 Å². The van der Waals surface area contributed by atoms with E-state index in [1.54, 1.807) is 26.1 Å². The van der Waals surface area contributed by atoms with Crippen molar-refractivity contribution >= 4 is 27.9 Å². The summed E-state index contributed by atoms with van der Waals surface area (Å²) in [4.78, 5) is 16.7. The van der Waals surface area contributed by atoms with Crippen molar-refractivity contribution in [2.75, 3.05) is 44.9 Å². The minimum atomic E-state index is -0.0693. The fraction of sp³-hybridized carbons (Fsp3) is 0.667. The maximum atomic E-state index is 12.2. The lowest BCUT2D eigenvalue weighted by Gasteiger charge is -2.35. The van der Waals surface area contributed by atoms with Crippen molar-refractivity contribution in [2.45, 2.75) is 20.3 Å². The Kier molecular flexibility index (Phi) is 4.66. The Bertz CT molecular complexity index is 517. The maximum absolute atomic E-state index is 12.2. The lowest BCUT2D eigenvalue weighted by molar-refractivity contribution is 0.0833. The van der Waals surface area contributed by atoms with Crippen LogP contribution in [0.25, 0.3) is 0 Å². The smallest absolute Gasteiger partial charge is 0.265 e. The number of nitrogen functional groups attached to an aromatic ring is 1. The summed E-state index contributed by atoms with van der Waals surface area (Å²) in [6.07, 6.45) is 1.24. The van der Waals surface area contributed by atoms with Gasteiger partial charge in [0.1, 0.15) is 15.6 Å². The molecule has 0 radical (unpaired) electrons. The Morgan fingerprint density at radius 3 is 2.38 bits per heavy atom. The lowest BCUT2D eigenvalue weighted by Crippen LogP contribution is -2.38. The second kappa shape index (κ2) is 6.13. The van der Waals surface area contributed by atoms with E-state index in [0.717, 1.165) is 18.1 Å². The lowest BCUT2D eigenvalue weighted by atomic mass is 9.92. The van der Waals surface area contributed by atoms with E-state index in [1.165, 1.54) is 17.8 Å². The number of methoxy groups -OCH3 is 1. The number of anilines is 2. The zero-order valence-electron chi connectivity index (χ0n) is 13.5. The van der Waals surface area contributed by atoms with E-state index in [9.17, 15) is 4.79 Å². The fourth-order valence-electron chi connectivity index (χ4n) is 3.01. The molecule has 0 bridgehead atoms. The number of amides is 1. The predicted octanol–water partition coefficient (Wildman–Crippen LogP) is 2.52. The van der Waals surface area contributed by atoms with Gasteiger partial charge in [-0.05, 0) is 18.3 Å². The molecule has 0 saturated carbocycles. The number of nitrogens with zero attached hydrogens (tertiary/aromatic N) is 2. The molecule has 0 spiro atoms. The van der Waals surface area contributed by atoms with Crippen LogP contribution in [-0.4, -0.2) is 45.1 Å². The SMILES string of the molecule is COc1c(N2CC(C)CC(C)C2)sc(C(=O)N(C)C)c1N. The van der Waals surface area contributed by atoms with Crippen LogP contribution in [0.1, 0.15) is 29.9 Å². The number of ether oxygens (including phenoxy) is 1. The van der Waals surface area contributed by atoms with Gasteiger partial charge in [-0.2, -0.15) is 0 Å². The highest BCUT2D eigenvalue weighted by molar-refractivity contribution is 7.19. The molecule has 1 fully saturated rings. The highest BCUT2D eigenvalue weighted by Gasteiger charge is 2.30. The van der Waals surface area contributed by atoms with Crippen LogP contribution in [0.15, 0.2) is 0 Å². The molecular formula is C15H25N3O2S. The normalized spacial score (nSPS) is 22.2. The maximum Gasteiger partial charge on any atom is 0.265 e. The molecule has 1 aliphatic heterocycles. The van der Waals surface area contributed by atoms with E-state index in [4.69, 9.17) is 10.5 Å². The van der Waals surface area contributed by atoms with Crippen LogP contribution >= 0.6 is 11.3 Å². The first-order valence-corrected chi connectivity index (χ1v) is 8.09. The molecule has 1 aromatic rings. The quantitative estimate of drug-likeness (QED) is 0.932. The van der Waals surface area contributed by atoms with Crippen molar-refractivity contribution in [3.63, 3.8) is 0 Å². The van der Waals surface area contributed by atoms with Crippen LogP contribution in [-0.2, 0) is 0 Å². The largest absolute Gasteiger partial charge is 0.492 e. The first-order valence-electron chi connectivity index (χ1n) is 7.28. The third kappa shape index (κ3) is 3.10.